The SMILES string of the molecule is CCC(C)(C)CC(C)CC=O. The van der Waals surface area contributed by atoms with Gasteiger partial charge in [0.25, 0.3) is 0 Å². The summed E-state index contributed by atoms with van der Waals surface area (Å²) in [7, 11) is 0. The minimum Gasteiger partial charge on any atom is -0.303 e. The monoisotopic (exact) mass is 156 g/mol. The molecule has 0 radical (unpaired) electrons. The van der Waals surface area contributed by atoms with E-state index in [4.69, 9.17) is 0 Å². The van der Waals surface area contributed by atoms with Gasteiger partial charge in [-0.05, 0) is 17.8 Å². The fourth-order valence-electron chi connectivity index (χ4n) is 1.34. The molecule has 0 aliphatic rings. The molecule has 0 bridgehead atoms. The van der Waals surface area contributed by atoms with Gasteiger partial charge in [-0.2, -0.15) is 0 Å². The number of carbonyl (C=O) groups excluding carboxylic acids is 1. The minimum atomic E-state index is 0.405. The molecule has 1 heteroatoms. The molecule has 0 amide bonds. The summed E-state index contributed by atoms with van der Waals surface area (Å²) in [5, 5.41) is 0. The Bertz CT molecular complexity index is 116. The van der Waals surface area contributed by atoms with Crippen LogP contribution in [-0.2, 0) is 4.79 Å². The molecule has 0 N–H and O–H groups in total. The molecule has 11 heavy (non-hydrogen) atoms. The quantitative estimate of drug-likeness (QED) is 0.559. The van der Waals surface area contributed by atoms with Crippen LogP contribution in [0.5, 0.6) is 0 Å². The normalized spacial score (nSPS) is 14.5. The lowest BCUT2D eigenvalue weighted by Crippen LogP contribution is -2.14. The molecule has 0 rings (SSSR count). The molecule has 0 aromatic carbocycles. The van der Waals surface area contributed by atoms with E-state index >= 15 is 0 Å². The van der Waals surface area contributed by atoms with Gasteiger partial charge in [0.05, 0.1) is 0 Å². The highest BCUT2D eigenvalue weighted by atomic mass is 16.1. The van der Waals surface area contributed by atoms with Gasteiger partial charge in [0.2, 0.25) is 0 Å². The highest BCUT2D eigenvalue weighted by Gasteiger charge is 2.18. The van der Waals surface area contributed by atoms with E-state index in [0.29, 0.717) is 17.8 Å². The maximum absolute atomic E-state index is 10.2. The molecule has 0 spiro atoms. The second kappa shape index (κ2) is 4.53. The van der Waals surface area contributed by atoms with Crippen molar-refractivity contribution in [3.05, 3.63) is 0 Å². The lowest BCUT2D eigenvalue weighted by Gasteiger charge is -2.25. The third kappa shape index (κ3) is 5.00. The summed E-state index contributed by atoms with van der Waals surface area (Å²) in [6, 6.07) is 0. The van der Waals surface area contributed by atoms with Gasteiger partial charge < -0.3 is 4.79 Å². The Hall–Kier alpha value is -0.330. The topological polar surface area (TPSA) is 17.1 Å². The van der Waals surface area contributed by atoms with Crippen LogP contribution in [0.2, 0.25) is 0 Å². The van der Waals surface area contributed by atoms with E-state index in [1.54, 1.807) is 0 Å². The van der Waals surface area contributed by atoms with Crippen LogP contribution in [0.25, 0.3) is 0 Å². The second-order valence-corrected chi connectivity index (χ2v) is 4.23. The zero-order valence-corrected chi connectivity index (χ0v) is 8.18. The van der Waals surface area contributed by atoms with Crippen LogP contribution in [-0.4, -0.2) is 6.29 Å². The first kappa shape index (κ1) is 10.7. The van der Waals surface area contributed by atoms with E-state index in [1.807, 2.05) is 0 Å². The summed E-state index contributed by atoms with van der Waals surface area (Å²) in [4.78, 5) is 10.2. The van der Waals surface area contributed by atoms with Crippen LogP contribution in [0.4, 0.5) is 0 Å². The van der Waals surface area contributed by atoms with Crippen molar-refractivity contribution in [2.45, 2.75) is 47.0 Å². The van der Waals surface area contributed by atoms with E-state index in [2.05, 4.69) is 27.7 Å². The average molecular weight is 156 g/mol. The van der Waals surface area contributed by atoms with Crippen LogP contribution < -0.4 is 0 Å². The van der Waals surface area contributed by atoms with Gasteiger partial charge in [0.15, 0.2) is 0 Å². The first-order valence-electron chi connectivity index (χ1n) is 4.45. The summed E-state index contributed by atoms with van der Waals surface area (Å²) < 4.78 is 0. The Morgan fingerprint density at radius 1 is 1.45 bits per heavy atom. The fraction of sp³-hybridized carbons (Fsp3) is 0.900. The van der Waals surface area contributed by atoms with Crippen LogP contribution in [0.1, 0.15) is 47.0 Å². The standard InChI is InChI=1S/C10H20O/c1-5-10(3,4)8-9(2)6-7-11/h7,9H,5-6,8H2,1-4H3. The second-order valence-electron chi connectivity index (χ2n) is 4.23. The van der Waals surface area contributed by atoms with E-state index in [1.165, 1.54) is 6.42 Å². The number of hydrogen-bond acceptors (Lipinski definition) is 1. The van der Waals surface area contributed by atoms with Gasteiger partial charge in [0.1, 0.15) is 6.29 Å². The smallest absolute Gasteiger partial charge is 0.120 e. The molecule has 1 atom stereocenters. The zero-order valence-electron chi connectivity index (χ0n) is 8.18. The molecule has 0 aliphatic heterocycles. The van der Waals surface area contributed by atoms with Crippen LogP contribution >= 0.6 is 0 Å². The molecular weight excluding hydrogens is 136 g/mol. The maximum Gasteiger partial charge on any atom is 0.120 e. The third-order valence-electron chi connectivity index (χ3n) is 2.36. The number of rotatable bonds is 5. The van der Waals surface area contributed by atoms with Crippen molar-refractivity contribution in [2.75, 3.05) is 0 Å². The Labute approximate surface area is 70.2 Å². The van der Waals surface area contributed by atoms with Crippen molar-refractivity contribution in [3.63, 3.8) is 0 Å². The van der Waals surface area contributed by atoms with Crippen LogP contribution in [0, 0.1) is 11.3 Å². The predicted molar refractivity (Wildman–Crippen MR) is 48.5 cm³/mol. The molecule has 0 aromatic heterocycles. The summed E-state index contributed by atoms with van der Waals surface area (Å²) >= 11 is 0. The summed E-state index contributed by atoms with van der Waals surface area (Å²) in [5.41, 5.74) is 0.405. The predicted octanol–water partition coefficient (Wildman–Crippen LogP) is 3.04. The summed E-state index contributed by atoms with van der Waals surface area (Å²) in [5.74, 6) is 0.544. The van der Waals surface area contributed by atoms with Crippen molar-refractivity contribution in [3.8, 4) is 0 Å². The van der Waals surface area contributed by atoms with Crippen LogP contribution in [0.3, 0.4) is 0 Å². The van der Waals surface area contributed by atoms with Crippen molar-refractivity contribution in [1.29, 1.82) is 0 Å². The Kier molecular flexibility index (Phi) is 4.39. The summed E-state index contributed by atoms with van der Waals surface area (Å²) in [6.07, 6.45) is 4.08. The van der Waals surface area contributed by atoms with Gasteiger partial charge in [-0.25, -0.2) is 0 Å². The Balaban J connectivity index is 3.72. The maximum atomic E-state index is 10.2. The lowest BCUT2D eigenvalue weighted by molar-refractivity contribution is -0.108. The third-order valence-corrected chi connectivity index (χ3v) is 2.36. The Morgan fingerprint density at radius 3 is 2.36 bits per heavy atom. The molecule has 0 aromatic rings. The lowest BCUT2D eigenvalue weighted by atomic mass is 9.80. The highest BCUT2D eigenvalue weighted by molar-refractivity contribution is 5.49. The number of aldehydes is 1. The highest BCUT2D eigenvalue weighted by Crippen LogP contribution is 2.29. The van der Waals surface area contributed by atoms with Gasteiger partial charge in [-0.15, -0.1) is 0 Å². The Morgan fingerprint density at radius 2 is 2.00 bits per heavy atom. The fourth-order valence-corrected chi connectivity index (χ4v) is 1.34. The molecule has 0 aliphatic carbocycles. The van der Waals surface area contributed by atoms with Gasteiger partial charge in [0, 0.05) is 6.42 Å². The van der Waals surface area contributed by atoms with Gasteiger partial charge in [-0.3, -0.25) is 0 Å². The molecule has 0 saturated carbocycles. The number of carbonyl (C=O) groups is 1. The van der Waals surface area contributed by atoms with Crippen LogP contribution in [0.15, 0.2) is 0 Å². The number of hydrogen-bond donors (Lipinski definition) is 0. The van der Waals surface area contributed by atoms with E-state index in [-0.39, 0.29) is 0 Å². The van der Waals surface area contributed by atoms with E-state index in [0.717, 1.165) is 12.7 Å². The van der Waals surface area contributed by atoms with Crippen molar-refractivity contribution in [2.24, 2.45) is 11.3 Å². The largest absolute Gasteiger partial charge is 0.303 e. The molecule has 0 heterocycles. The molecular formula is C10H20O. The molecule has 1 nitrogen and oxygen atoms in total. The summed E-state index contributed by atoms with van der Waals surface area (Å²) in [6.45, 7) is 8.86. The first-order valence-corrected chi connectivity index (χ1v) is 4.45. The molecule has 66 valence electrons. The van der Waals surface area contributed by atoms with E-state index in [9.17, 15) is 4.79 Å². The molecule has 0 fully saturated rings. The zero-order chi connectivity index (χ0) is 8.91. The van der Waals surface area contributed by atoms with Crippen molar-refractivity contribution < 1.29 is 4.79 Å². The van der Waals surface area contributed by atoms with E-state index < -0.39 is 0 Å². The minimum absolute atomic E-state index is 0.405. The molecule has 1 unspecified atom stereocenters. The average Bonchev–Trinajstić information content (AvgIpc) is 1.87. The van der Waals surface area contributed by atoms with Crippen molar-refractivity contribution in [1.82, 2.24) is 0 Å². The first-order chi connectivity index (χ1) is 5.02. The molecule has 0 saturated heterocycles. The van der Waals surface area contributed by atoms with Gasteiger partial charge >= 0.3 is 0 Å². The van der Waals surface area contributed by atoms with Crippen molar-refractivity contribution >= 4 is 6.29 Å². The van der Waals surface area contributed by atoms with Gasteiger partial charge in [-0.1, -0.05) is 34.1 Å².